The third-order valence-corrected chi connectivity index (χ3v) is 0.389. The normalized spacial score (nSPS) is 9.25. The zero-order chi connectivity index (χ0) is 6.24. The van der Waals surface area contributed by atoms with Crippen molar-refractivity contribution in [3.05, 3.63) is 12.2 Å². The summed E-state index contributed by atoms with van der Waals surface area (Å²) in [6, 6.07) is 1.75. The largest absolute Gasteiger partial charge is 0.205 e. The van der Waals surface area contributed by atoms with Crippen molar-refractivity contribution in [2.24, 2.45) is 4.99 Å². The molecule has 0 fully saturated rings. The van der Waals surface area contributed by atoms with Crippen LogP contribution in [0.25, 0.3) is 0 Å². The van der Waals surface area contributed by atoms with Crippen molar-refractivity contribution in [3.63, 3.8) is 0 Å². The maximum atomic E-state index is 7.88. The molecule has 8 heavy (non-hydrogen) atoms. The average Bonchev–Trinajstić information content (AvgIpc) is 1.81. The van der Waals surface area contributed by atoms with Gasteiger partial charge in [0.1, 0.15) is 0 Å². The molecule has 3 heteroatoms. The minimum absolute atomic E-state index is 1.24. The molecule has 0 aliphatic carbocycles. The minimum atomic E-state index is 1.24. The molecule has 0 radical (unpaired) electrons. The standard InChI is InChI=1S/C5H3N3/c6-3-1-2-4-8-5-7/h1-2,4H/b2-1+,8-4?. The van der Waals surface area contributed by atoms with Gasteiger partial charge in [0.15, 0.2) is 0 Å². The van der Waals surface area contributed by atoms with E-state index >= 15 is 0 Å². The lowest BCUT2D eigenvalue weighted by atomic mass is 10.5. The van der Waals surface area contributed by atoms with Gasteiger partial charge in [-0.15, -0.1) is 0 Å². The zero-order valence-electron chi connectivity index (χ0n) is 4.07. The lowest BCUT2D eigenvalue weighted by Gasteiger charge is -1.59. The molecular formula is C5H3N3. The molecule has 0 aliphatic heterocycles. The minimum Gasteiger partial charge on any atom is -0.193 e. The van der Waals surface area contributed by atoms with E-state index < -0.39 is 0 Å². The van der Waals surface area contributed by atoms with E-state index in [1.807, 2.05) is 0 Å². The Balaban J connectivity index is 3.51. The summed E-state index contributed by atoms with van der Waals surface area (Å²) in [5, 5.41) is 15.7. The Morgan fingerprint density at radius 3 is 2.62 bits per heavy atom. The van der Waals surface area contributed by atoms with Crippen LogP contribution in [0.1, 0.15) is 0 Å². The molecule has 0 aromatic heterocycles. The first-order chi connectivity index (χ1) is 3.91. The number of rotatable bonds is 1. The Hall–Kier alpha value is -1.61. The van der Waals surface area contributed by atoms with E-state index in [4.69, 9.17) is 10.5 Å². The molecule has 0 heterocycles. The first-order valence-corrected chi connectivity index (χ1v) is 1.88. The predicted molar refractivity (Wildman–Crippen MR) is 28.9 cm³/mol. The van der Waals surface area contributed by atoms with Crippen LogP contribution in [0.4, 0.5) is 0 Å². The molecule has 3 nitrogen and oxygen atoms in total. The van der Waals surface area contributed by atoms with Crippen LogP contribution in [0, 0.1) is 22.8 Å². The number of nitrogens with zero attached hydrogens (tertiary/aromatic N) is 3. The Morgan fingerprint density at radius 1 is 1.38 bits per heavy atom. The van der Waals surface area contributed by atoms with E-state index in [1.54, 1.807) is 6.07 Å². The number of hydrogen-bond donors (Lipinski definition) is 0. The average molecular weight is 105 g/mol. The monoisotopic (exact) mass is 105 g/mol. The topological polar surface area (TPSA) is 59.9 Å². The predicted octanol–water partition coefficient (Wildman–Crippen LogP) is 0.618. The number of aliphatic imine (C=N–C) groups is 1. The number of nitriles is 2. The van der Waals surface area contributed by atoms with E-state index in [0.717, 1.165) is 0 Å². The molecule has 0 unspecified atom stereocenters. The van der Waals surface area contributed by atoms with Crippen LogP contribution in [0.5, 0.6) is 0 Å². The SMILES string of the molecule is N#C/C=C/C=NC#N. The van der Waals surface area contributed by atoms with E-state index in [-0.39, 0.29) is 0 Å². The second-order valence-corrected chi connectivity index (χ2v) is 0.866. The summed E-state index contributed by atoms with van der Waals surface area (Å²) < 4.78 is 0. The summed E-state index contributed by atoms with van der Waals surface area (Å²) in [5.74, 6) is 0. The maximum absolute atomic E-state index is 7.88. The van der Waals surface area contributed by atoms with Crippen molar-refractivity contribution in [2.45, 2.75) is 0 Å². The fourth-order valence-electron chi connectivity index (χ4n) is 0.162. The van der Waals surface area contributed by atoms with Crippen molar-refractivity contribution in [3.8, 4) is 12.3 Å². The van der Waals surface area contributed by atoms with Crippen LogP contribution in [-0.2, 0) is 0 Å². The van der Waals surface area contributed by atoms with Gasteiger partial charge in [-0.2, -0.15) is 15.5 Å². The van der Waals surface area contributed by atoms with Crippen LogP contribution in [0.3, 0.4) is 0 Å². The number of hydrogen-bond acceptors (Lipinski definition) is 3. The Labute approximate surface area is 47.2 Å². The molecule has 0 spiro atoms. The molecule has 0 bridgehead atoms. The van der Waals surface area contributed by atoms with Gasteiger partial charge < -0.3 is 0 Å². The summed E-state index contributed by atoms with van der Waals surface area (Å²) in [5.41, 5.74) is 0. The highest BCUT2D eigenvalue weighted by atomic mass is 14.7. The van der Waals surface area contributed by atoms with Crippen molar-refractivity contribution in [1.82, 2.24) is 0 Å². The Kier molecular flexibility index (Phi) is 4.31. The fourth-order valence-corrected chi connectivity index (χ4v) is 0.162. The van der Waals surface area contributed by atoms with Crippen molar-refractivity contribution in [1.29, 1.82) is 10.5 Å². The molecule has 0 saturated carbocycles. The summed E-state index contributed by atoms with van der Waals surface area (Å²) in [6.07, 6.45) is 5.42. The highest BCUT2D eigenvalue weighted by molar-refractivity contribution is 5.72. The molecule has 0 saturated heterocycles. The lowest BCUT2D eigenvalue weighted by Crippen LogP contribution is -1.58. The van der Waals surface area contributed by atoms with Gasteiger partial charge in [0, 0.05) is 12.3 Å². The molecule has 0 aromatic rings. The van der Waals surface area contributed by atoms with Crippen molar-refractivity contribution >= 4 is 6.21 Å². The van der Waals surface area contributed by atoms with Crippen LogP contribution in [0.2, 0.25) is 0 Å². The first-order valence-electron chi connectivity index (χ1n) is 1.88. The summed E-state index contributed by atoms with van der Waals surface area (Å²) in [7, 11) is 0. The third kappa shape index (κ3) is 4.39. The van der Waals surface area contributed by atoms with Gasteiger partial charge in [0.05, 0.1) is 6.07 Å². The van der Waals surface area contributed by atoms with Gasteiger partial charge in [-0.25, -0.2) is 0 Å². The molecule has 0 aliphatic rings. The van der Waals surface area contributed by atoms with Crippen LogP contribution >= 0.6 is 0 Å². The van der Waals surface area contributed by atoms with Crippen LogP contribution < -0.4 is 0 Å². The lowest BCUT2D eigenvalue weighted by molar-refractivity contribution is 1.45. The summed E-state index contributed by atoms with van der Waals surface area (Å²) >= 11 is 0. The molecule has 0 atom stereocenters. The number of allylic oxidation sites excluding steroid dienone is 2. The van der Waals surface area contributed by atoms with E-state index in [2.05, 4.69) is 4.99 Å². The van der Waals surface area contributed by atoms with Gasteiger partial charge in [-0.3, -0.25) is 0 Å². The molecule has 0 amide bonds. The van der Waals surface area contributed by atoms with Crippen molar-refractivity contribution in [2.75, 3.05) is 0 Å². The molecule has 0 N–H and O–H groups in total. The Bertz CT molecular complexity index is 155. The van der Waals surface area contributed by atoms with Gasteiger partial charge in [0.25, 0.3) is 0 Å². The van der Waals surface area contributed by atoms with Gasteiger partial charge in [-0.05, 0) is 6.08 Å². The third-order valence-electron chi connectivity index (χ3n) is 0.389. The molecular weight excluding hydrogens is 102 g/mol. The highest BCUT2D eigenvalue weighted by Gasteiger charge is 1.59. The quantitative estimate of drug-likeness (QED) is 0.279. The second kappa shape index (κ2) is 5.39. The van der Waals surface area contributed by atoms with E-state index in [0.29, 0.717) is 0 Å². The first kappa shape index (κ1) is 6.39. The van der Waals surface area contributed by atoms with Gasteiger partial charge in [0.2, 0.25) is 6.19 Å². The van der Waals surface area contributed by atoms with E-state index in [1.165, 1.54) is 24.6 Å². The fraction of sp³-hybridized carbons (Fsp3) is 0. The summed E-state index contributed by atoms with van der Waals surface area (Å²) in [6.45, 7) is 0. The second-order valence-electron chi connectivity index (χ2n) is 0.866. The summed E-state index contributed by atoms with van der Waals surface area (Å²) in [4.78, 5) is 3.15. The van der Waals surface area contributed by atoms with Crippen molar-refractivity contribution < 1.29 is 0 Å². The van der Waals surface area contributed by atoms with Crippen LogP contribution in [-0.4, -0.2) is 6.21 Å². The molecule has 0 rings (SSSR count). The van der Waals surface area contributed by atoms with E-state index in [9.17, 15) is 0 Å². The van der Waals surface area contributed by atoms with Gasteiger partial charge in [-0.1, -0.05) is 0 Å². The Morgan fingerprint density at radius 2 is 2.12 bits per heavy atom. The highest BCUT2D eigenvalue weighted by Crippen LogP contribution is 1.63. The maximum Gasteiger partial charge on any atom is 0.205 e. The molecule has 0 aromatic carbocycles. The molecule has 38 valence electrons. The zero-order valence-corrected chi connectivity index (χ0v) is 4.07. The smallest absolute Gasteiger partial charge is 0.193 e. The van der Waals surface area contributed by atoms with Gasteiger partial charge >= 0.3 is 0 Å². The van der Waals surface area contributed by atoms with Crippen LogP contribution in [0.15, 0.2) is 17.1 Å².